The predicted octanol–water partition coefficient (Wildman–Crippen LogP) is 4.28. The molecule has 0 radical (unpaired) electrons. The Labute approximate surface area is 205 Å². The smallest absolute Gasteiger partial charge is 0.247 e. The monoisotopic (exact) mass is 470 g/mol. The molecule has 180 valence electrons. The number of imidazole rings is 1. The van der Waals surface area contributed by atoms with Crippen LogP contribution in [-0.4, -0.2) is 52.8 Å². The zero-order valence-corrected chi connectivity index (χ0v) is 19.9. The summed E-state index contributed by atoms with van der Waals surface area (Å²) in [5, 5.41) is 6.16. The maximum Gasteiger partial charge on any atom is 0.247 e. The Bertz CT molecular complexity index is 1210. The average Bonchev–Trinajstić information content (AvgIpc) is 3.41. The first-order valence-electron chi connectivity index (χ1n) is 12.0. The zero-order chi connectivity index (χ0) is 24.0. The zero-order valence-electron chi connectivity index (χ0n) is 19.9. The number of carbonyl (C=O) groups is 1. The van der Waals surface area contributed by atoms with Crippen LogP contribution in [0.1, 0.15) is 25.3 Å². The quantitative estimate of drug-likeness (QED) is 0.536. The summed E-state index contributed by atoms with van der Waals surface area (Å²) in [6, 6.07) is 11.4. The molecular weight excluding hydrogens is 440 g/mol. The lowest BCUT2D eigenvalue weighted by Crippen LogP contribution is -2.37. The molecule has 0 spiro atoms. The van der Waals surface area contributed by atoms with Crippen molar-refractivity contribution in [1.29, 1.82) is 0 Å². The van der Waals surface area contributed by atoms with E-state index in [2.05, 4.69) is 48.3 Å². The molecule has 1 unspecified atom stereocenters. The number of rotatable bonds is 7. The van der Waals surface area contributed by atoms with Crippen molar-refractivity contribution in [2.45, 2.75) is 25.8 Å². The van der Waals surface area contributed by atoms with E-state index < -0.39 is 6.04 Å². The van der Waals surface area contributed by atoms with E-state index in [4.69, 9.17) is 4.74 Å². The first-order chi connectivity index (χ1) is 17.2. The molecule has 1 aromatic carbocycles. The van der Waals surface area contributed by atoms with Crippen LogP contribution in [0.5, 0.6) is 0 Å². The molecule has 2 aliphatic rings. The van der Waals surface area contributed by atoms with Gasteiger partial charge in [-0.2, -0.15) is 0 Å². The number of allylic oxidation sites excluding steroid dienone is 4. The Kier molecular flexibility index (Phi) is 6.90. The molecular formula is C27H30N6O2. The molecule has 35 heavy (non-hydrogen) atoms. The lowest BCUT2D eigenvalue weighted by molar-refractivity contribution is -0.116. The van der Waals surface area contributed by atoms with Crippen LogP contribution < -0.4 is 15.5 Å². The number of anilines is 3. The van der Waals surface area contributed by atoms with Crippen LogP contribution in [0.25, 0.3) is 11.3 Å². The molecule has 1 saturated heterocycles. The molecule has 1 aliphatic heterocycles. The standard InChI is InChI=1S/C27H30N6O2/c1-20(26(34)31-25-12-7-22(19-29-25)21-5-3-2-4-6-21)30-23-8-10-24(11-9-23)33-14-13-28-27(33)32-15-17-35-18-16-32/h3,5-14,19-20,30H,2,4,15-18H2,1H3,(H,29,31,34). The largest absolute Gasteiger partial charge is 0.378 e. The Morgan fingerprint density at radius 2 is 1.89 bits per heavy atom. The molecule has 1 fully saturated rings. The first-order valence-corrected chi connectivity index (χ1v) is 12.0. The number of carbonyl (C=O) groups excluding carboxylic acids is 1. The van der Waals surface area contributed by atoms with Crippen molar-refractivity contribution in [3.8, 4) is 5.69 Å². The Hall–Kier alpha value is -3.91. The molecule has 5 rings (SSSR count). The van der Waals surface area contributed by atoms with Gasteiger partial charge in [-0.15, -0.1) is 0 Å². The Balaban J connectivity index is 1.18. The number of aromatic nitrogens is 3. The normalized spacial score (nSPS) is 16.5. The molecule has 0 saturated carbocycles. The fourth-order valence-electron chi connectivity index (χ4n) is 4.23. The van der Waals surface area contributed by atoms with E-state index >= 15 is 0 Å². The third-order valence-electron chi connectivity index (χ3n) is 6.18. The summed E-state index contributed by atoms with van der Waals surface area (Å²) in [7, 11) is 0. The van der Waals surface area contributed by atoms with Crippen LogP contribution in [-0.2, 0) is 9.53 Å². The maximum absolute atomic E-state index is 12.7. The molecule has 1 amide bonds. The van der Waals surface area contributed by atoms with Crippen molar-refractivity contribution in [3.05, 3.63) is 78.8 Å². The molecule has 8 heteroatoms. The van der Waals surface area contributed by atoms with Crippen LogP contribution in [0.3, 0.4) is 0 Å². The van der Waals surface area contributed by atoms with E-state index in [0.29, 0.717) is 19.0 Å². The van der Waals surface area contributed by atoms with E-state index in [1.54, 1.807) is 6.20 Å². The van der Waals surface area contributed by atoms with Gasteiger partial charge >= 0.3 is 0 Å². The SMILES string of the molecule is CC(Nc1ccc(-n2ccnc2N2CCOCC2)cc1)C(=O)Nc1ccc(C2=CCCC=C2)cn1. The second kappa shape index (κ2) is 10.6. The maximum atomic E-state index is 12.7. The van der Waals surface area contributed by atoms with E-state index in [1.165, 1.54) is 5.57 Å². The average molecular weight is 471 g/mol. The minimum Gasteiger partial charge on any atom is -0.378 e. The lowest BCUT2D eigenvalue weighted by Gasteiger charge is -2.28. The molecule has 8 nitrogen and oxygen atoms in total. The van der Waals surface area contributed by atoms with Crippen LogP contribution in [0.15, 0.2) is 73.2 Å². The number of nitrogens with one attached hydrogen (secondary N) is 2. The summed E-state index contributed by atoms with van der Waals surface area (Å²) in [6.07, 6.45) is 14.2. The molecule has 1 aliphatic carbocycles. The number of nitrogens with zero attached hydrogens (tertiary/aromatic N) is 4. The highest BCUT2D eigenvalue weighted by molar-refractivity contribution is 5.95. The van der Waals surface area contributed by atoms with Crippen molar-refractivity contribution in [2.24, 2.45) is 0 Å². The molecule has 1 atom stereocenters. The minimum atomic E-state index is -0.427. The van der Waals surface area contributed by atoms with E-state index in [9.17, 15) is 4.79 Å². The molecule has 2 N–H and O–H groups in total. The molecule has 3 heterocycles. The van der Waals surface area contributed by atoms with Gasteiger partial charge in [0.1, 0.15) is 11.9 Å². The van der Waals surface area contributed by atoms with Crippen LogP contribution >= 0.6 is 0 Å². The van der Waals surface area contributed by atoms with Gasteiger partial charge in [0.25, 0.3) is 0 Å². The highest BCUT2D eigenvalue weighted by atomic mass is 16.5. The van der Waals surface area contributed by atoms with Gasteiger partial charge < -0.3 is 20.3 Å². The number of hydrogen-bond acceptors (Lipinski definition) is 6. The van der Waals surface area contributed by atoms with Crippen molar-refractivity contribution in [1.82, 2.24) is 14.5 Å². The third kappa shape index (κ3) is 5.44. The van der Waals surface area contributed by atoms with Gasteiger partial charge in [0.15, 0.2) is 0 Å². The number of ether oxygens (including phenoxy) is 1. The Morgan fingerprint density at radius 1 is 1.06 bits per heavy atom. The molecule has 0 bridgehead atoms. The second-order valence-electron chi connectivity index (χ2n) is 8.67. The van der Waals surface area contributed by atoms with Gasteiger partial charge in [0, 0.05) is 43.1 Å². The predicted molar refractivity (Wildman–Crippen MR) is 139 cm³/mol. The number of hydrogen-bond donors (Lipinski definition) is 2. The molecule has 2 aromatic heterocycles. The fraction of sp³-hybridized carbons (Fsp3) is 0.296. The van der Waals surface area contributed by atoms with Gasteiger partial charge in [-0.05, 0) is 67.3 Å². The highest BCUT2D eigenvalue weighted by Gasteiger charge is 2.17. The summed E-state index contributed by atoms with van der Waals surface area (Å²) in [4.78, 5) is 23.9. The van der Waals surface area contributed by atoms with Crippen molar-refractivity contribution in [2.75, 3.05) is 41.8 Å². The van der Waals surface area contributed by atoms with Crippen molar-refractivity contribution >= 4 is 28.9 Å². The fourth-order valence-corrected chi connectivity index (χ4v) is 4.23. The number of amides is 1. The highest BCUT2D eigenvalue weighted by Crippen LogP contribution is 2.23. The van der Waals surface area contributed by atoms with Crippen molar-refractivity contribution < 1.29 is 9.53 Å². The van der Waals surface area contributed by atoms with E-state index in [0.717, 1.165) is 48.8 Å². The van der Waals surface area contributed by atoms with E-state index in [1.807, 2.05) is 55.7 Å². The van der Waals surface area contributed by atoms with Crippen LogP contribution in [0.2, 0.25) is 0 Å². The minimum absolute atomic E-state index is 0.143. The summed E-state index contributed by atoms with van der Waals surface area (Å²) >= 11 is 0. The number of pyridine rings is 1. The number of morpholine rings is 1. The van der Waals surface area contributed by atoms with Crippen molar-refractivity contribution in [3.63, 3.8) is 0 Å². The van der Waals surface area contributed by atoms with Gasteiger partial charge in [-0.3, -0.25) is 9.36 Å². The molecule has 3 aromatic rings. The number of benzene rings is 1. The van der Waals surface area contributed by atoms with Gasteiger partial charge in [-0.1, -0.05) is 18.2 Å². The Morgan fingerprint density at radius 3 is 2.60 bits per heavy atom. The summed E-state index contributed by atoms with van der Waals surface area (Å²) in [6.45, 7) is 4.92. The first kappa shape index (κ1) is 22.9. The van der Waals surface area contributed by atoms with Gasteiger partial charge in [0.05, 0.1) is 13.2 Å². The van der Waals surface area contributed by atoms with Gasteiger partial charge in [0.2, 0.25) is 11.9 Å². The summed E-state index contributed by atoms with van der Waals surface area (Å²) < 4.78 is 7.52. The summed E-state index contributed by atoms with van der Waals surface area (Å²) in [5.41, 5.74) is 4.11. The van der Waals surface area contributed by atoms with Gasteiger partial charge in [-0.25, -0.2) is 9.97 Å². The van der Waals surface area contributed by atoms with Crippen LogP contribution in [0, 0.1) is 0 Å². The summed E-state index contributed by atoms with van der Waals surface area (Å²) in [5.74, 6) is 1.31. The topological polar surface area (TPSA) is 84.3 Å². The second-order valence-corrected chi connectivity index (χ2v) is 8.67. The third-order valence-corrected chi connectivity index (χ3v) is 6.18. The van der Waals surface area contributed by atoms with Crippen LogP contribution in [0.4, 0.5) is 17.5 Å². The lowest BCUT2D eigenvalue weighted by atomic mass is 10.0. The van der Waals surface area contributed by atoms with E-state index in [-0.39, 0.29) is 5.91 Å².